The Morgan fingerprint density at radius 1 is 0.962 bits per heavy atom. The first kappa shape index (κ1) is 16.3. The molecule has 0 fully saturated rings. The Morgan fingerprint density at radius 2 is 1.77 bits per heavy atom. The Hall–Kier alpha value is -3.14. The molecule has 0 aliphatic heterocycles. The Bertz CT molecular complexity index is 1060. The van der Waals surface area contributed by atoms with Gasteiger partial charge in [0.05, 0.1) is 18.5 Å². The van der Waals surface area contributed by atoms with Crippen LogP contribution in [0, 0.1) is 6.92 Å². The van der Waals surface area contributed by atoms with E-state index in [9.17, 15) is 0 Å². The predicted molar refractivity (Wildman–Crippen MR) is 105 cm³/mol. The highest BCUT2D eigenvalue weighted by Crippen LogP contribution is 2.29. The number of fused-ring (bicyclic) bond motifs is 1. The van der Waals surface area contributed by atoms with Gasteiger partial charge in [-0.2, -0.15) is 5.10 Å². The molecule has 0 aliphatic carbocycles. The maximum Gasteiger partial charge on any atom is 0.182 e. The molecule has 2 aromatic carbocycles. The van der Waals surface area contributed by atoms with Crippen molar-refractivity contribution in [3.05, 3.63) is 65.7 Å². The number of aromatic amines is 1. The van der Waals surface area contributed by atoms with E-state index in [0.29, 0.717) is 0 Å². The van der Waals surface area contributed by atoms with E-state index in [2.05, 4.69) is 60.4 Å². The number of nitrogens with zero attached hydrogens (tertiary/aromatic N) is 2. The summed E-state index contributed by atoms with van der Waals surface area (Å²) >= 11 is 0. The van der Waals surface area contributed by atoms with Crippen LogP contribution in [-0.4, -0.2) is 22.3 Å². The molecule has 0 spiro atoms. The molecular formula is C22H21N3O. The van der Waals surface area contributed by atoms with E-state index < -0.39 is 0 Å². The summed E-state index contributed by atoms with van der Waals surface area (Å²) in [6, 6.07) is 18.8. The first-order valence-corrected chi connectivity index (χ1v) is 8.78. The number of aryl methyl sites for hydroxylation is 2. The molecule has 4 heteroatoms. The van der Waals surface area contributed by atoms with Gasteiger partial charge in [0.1, 0.15) is 5.75 Å². The Morgan fingerprint density at radius 3 is 2.50 bits per heavy atom. The number of aromatic nitrogens is 3. The molecule has 4 nitrogen and oxygen atoms in total. The van der Waals surface area contributed by atoms with Crippen molar-refractivity contribution >= 4 is 11.0 Å². The number of ether oxygens (including phenoxy) is 1. The second kappa shape index (κ2) is 6.64. The third kappa shape index (κ3) is 2.94. The van der Waals surface area contributed by atoms with Crippen LogP contribution in [0.1, 0.15) is 18.1 Å². The molecule has 0 unspecified atom stereocenters. The number of hydrogen-bond donors (Lipinski definition) is 1. The molecule has 0 aliphatic rings. The lowest BCUT2D eigenvalue weighted by molar-refractivity contribution is 0.414. The van der Waals surface area contributed by atoms with E-state index in [-0.39, 0.29) is 0 Å². The van der Waals surface area contributed by atoms with Gasteiger partial charge in [0.15, 0.2) is 5.65 Å². The van der Waals surface area contributed by atoms with Crippen LogP contribution in [0.5, 0.6) is 5.75 Å². The Balaban J connectivity index is 1.76. The SMILES string of the molecule is CCc1ccc(-c2[nH]nc3nc(-c4cc(C)cc(OC)c4)ccc23)cc1. The number of rotatable bonds is 4. The molecule has 4 aromatic rings. The average molecular weight is 343 g/mol. The second-order valence-electron chi connectivity index (χ2n) is 6.46. The van der Waals surface area contributed by atoms with Crippen molar-refractivity contribution in [1.29, 1.82) is 0 Å². The van der Waals surface area contributed by atoms with Gasteiger partial charge in [0.2, 0.25) is 0 Å². The fraction of sp³-hybridized carbons (Fsp3) is 0.182. The lowest BCUT2D eigenvalue weighted by atomic mass is 10.0. The molecule has 0 saturated heterocycles. The van der Waals surface area contributed by atoms with Crippen LogP contribution in [0.2, 0.25) is 0 Å². The summed E-state index contributed by atoms with van der Waals surface area (Å²) in [4.78, 5) is 4.74. The summed E-state index contributed by atoms with van der Waals surface area (Å²) in [5, 5.41) is 8.59. The summed E-state index contributed by atoms with van der Waals surface area (Å²) < 4.78 is 5.38. The predicted octanol–water partition coefficient (Wildman–Crippen LogP) is 5.17. The van der Waals surface area contributed by atoms with Crippen LogP contribution in [0.3, 0.4) is 0 Å². The molecular weight excluding hydrogens is 322 g/mol. The quantitative estimate of drug-likeness (QED) is 0.556. The lowest BCUT2D eigenvalue weighted by Crippen LogP contribution is -1.89. The van der Waals surface area contributed by atoms with Crippen molar-refractivity contribution in [3.8, 4) is 28.3 Å². The number of benzene rings is 2. The molecule has 1 N–H and O–H groups in total. The van der Waals surface area contributed by atoms with Crippen molar-refractivity contribution in [1.82, 2.24) is 15.2 Å². The normalized spacial score (nSPS) is 11.0. The van der Waals surface area contributed by atoms with Crippen molar-refractivity contribution in [2.24, 2.45) is 0 Å². The summed E-state index contributed by atoms with van der Waals surface area (Å²) in [6.45, 7) is 4.21. The van der Waals surface area contributed by atoms with Gasteiger partial charge in [0, 0.05) is 16.5 Å². The standard InChI is InChI=1S/C22H21N3O/c1-4-15-5-7-16(8-6-15)21-19-9-10-20(23-22(19)25-24-21)17-11-14(2)12-18(13-17)26-3/h5-13H,4H2,1-3H3,(H,23,24,25). The van der Waals surface area contributed by atoms with Gasteiger partial charge < -0.3 is 4.74 Å². The van der Waals surface area contributed by atoms with E-state index in [1.54, 1.807) is 7.11 Å². The molecule has 4 rings (SSSR count). The zero-order chi connectivity index (χ0) is 18.1. The van der Waals surface area contributed by atoms with Crippen LogP contribution in [0.4, 0.5) is 0 Å². The van der Waals surface area contributed by atoms with Crippen LogP contribution in [0.25, 0.3) is 33.5 Å². The van der Waals surface area contributed by atoms with Crippen LogP contribution >= 0.6 is 0 Å². The van der Waals surface area contributed by atoms with Crippen molar-refractivity contribution < 1.29 is 4.74 Å². The van der Waals surface area contributed by atoms with Crippen LogP contribution in [0.15, 0.2) is 54.6 Å². The van der Waals surface area contributed by atoms with Gasteiger partial charge in [-0.1, -0.05) is 31.2 Å². The maximum absolute atomic E-state index is 5.38. The molecule has 2 heterocycles. The highest BCUT2D eigenvalue weighted by molar-refractivity contribution is 5.92. The molecule has 0 radical (unpaired) electrons. The summed E-state index contributed by atoms with van der Waals surface area (Å²) in [6.07, 6.45) is 1.04. The largest absolute Gasteiger partial charge is 0.497 e. The first-order chi connectivity index (χ1) is 12.7. The van der Waals surface area contributed by atoms with Crippen molar-refractivity contribution in [3.63, 3.8) is 0 Å². The van der Waals surface area contributed by atoms with Gasteiger partial charge >= 0.3 is 0 Å². The Kier molecular flexibility index (Phi) is 4.17. The van der Waals surface area contributed by atoms with Crippen LogP contribution in [-0.2, 0) is 6.42 Å². The minimum atomic E-state index is 0.720. The lowest BCUT2D eigenvalue weighted by Gasteiger charge is -2.06. The van der Waals surface area contributed by atoms with Gasteiger partial charge in [-0.05, 0) is 54.8 Å². The third-order valence-corrected chi connectivity index (χ3v) is 4.65. The van der Waals surface area contributed by atoms with Crippen LogP contribution < -0.4 is 4.74 Å². The fourth-order valence-electron chi connectivity index (χ4n) is 3.20. The Labute approximate surface area is 152 Å². The smallest absolute Gasteiger partial charge is 0.182 e. The molecule has 2 aromatic heterocycles. The fourth-order valence-corrected chi connectivity index (χ4v) is 3.20. The van der Waals surface area contributed by atoms with E-state index in [4.69, 9.17) is 9.72 Å². The second-order valence-corrected chi connectivity index (χ2v) is 6.46. The molecule has 26 heavy (non-hydrogen) atoms. The number of methoxy groups -OCH3 is 1. The molecule has 0 saturated carbocycles. The minimum Gasteiger partial charge on any atom is -0.497 e. The van der Waals surface area contributed by atoms with Crippen molar-refractivity contribution in [2.75, 3.05) is 7.11 Å². The maximum atomic E-state index is 5.38. The van der Waals surface area contributed by atoms with E-state index in [0.717, 1.165) is 51.3 Å². The van der Waals surface area contributed by atoms with Gasteiger partial charge in [-0.15, -0.1) is 0 Å². The molecule has 0 amide bonds. The molecule has 0 atom stereocenters. The topological polar surface area (TPSA) is 50.8 Å². The summed E-state index contributed by atoms with van der Waals surface area (Å²) in [7, 11) is 1.68. The van der Waals surface area contributed by atoms with E-state index in [1.165, 1.54) is 5.56 Å². The minimum absolute atomic E-state index is 0.720. The number of pyridine rings is 1. The number of nitrogens with one attached hydrogen (secondary N) is 1. The van der Waals surface area contributed by atoms with E-state index in [1.807, 2.05) is 18.2 Å². The summed E-state index contributed by atoms with van der Waals surface area (Å²) in [5.41, 5.74) is 7.23. The number of H-pyrrole nitrogens is 1. The zero-order valence-electron chi connectivity index (χ0n) is 15.2. The molecule has 130 valence electrons. The first-order valence-electron chi connectivity index (χ1n) is 8.78. The van der Waals surface area contributed by atoms with Crippen molar-refractivity contribution in [2.45, 2.75) is 20.3 Å². The highest BCUT2D eigenvalue weighted by atomic mass is 16.5. The average Bonchev–Trinajstić information content (AvgIpc) is 3.10. The molecule has 0 bridgehead atoms. The highest BCUT2D eigenvalue weighted by Gasteiger charge is 2.11. The van der Waals surface area contributed by atoms with Gasteiger partial charge in [-0.25, -0.2) is 4.98 Å². The van der Waals surface area contributed by atoms with Gasteiger partial charge in [-0.3, -0.25) is 5.10 Å². The monoisotopic (exact) mass is 343 g/mol. The van der Waals surface area contributed by atoms with Gasteiger partial charge in [0.25, 0.3) is 0 Å². The van der Waals surface area contributed by atoms with E-state index >= 15 is 0 Å². The zero-order valence-corrected chi connectivity index (χ0v) is 15.2. The third-order valence-electron chi connectivity index (χ3n) is 4.65. The number of hydrogen-bond acceptors (Lipinski definition) is 3. The summed E-state index contributed by atoms with van der Waals surface area (Å²) in [5.74, 6) is 0.834.